The molecule has 1 aromatic heterocycles. The van der Waals surface area contributed by atoms with E-state index < -0.39 is 0 Å². The molecule has 1 aliphatic heterocycles. The number of anilines is 1. The SMILES string of the molecule is CN(C)c1cccc(C(=O)N2CCC[C@H]2c2nnc(SCc3ccccc3)n2C)c1. The molecule has 0 saturated carbocycles. The molecule has 1 atom stereocenters. The molecule has 1 aliphatic rings. The third-order valence-corrected chi connectivity index (χ3v) is 6.59. The standard InChI is InChI=1S/C23H27N5OS/c1-26(2)19-12-7-11-18(15-19)22(29)28-14-8-13-20(28)21-24-25-23(27(21)3)30-16-17-9-5-4-6-10-17/h4-7,9-12,15,20H,8,13-14,16H2,1-3H3/t20-/m0/s1. The minimum absolute atomic E-state index is 0.0379. The number of benzene rings is 2. The maximum Gasteiger partial charge on any atom is 0.254 e. The van der Waals surface area contributed by atoms with Crippen LogP contribution in [-0.4, -0.2) is 46.2 Å². The highest BCUT2D eigenvalue weighted by atomic mass is 32.2. The molecule has 7 heteroatoms. The van der Waals surface area contributed by atoms with E-state index in [1.807, 2.05) is 78.0 Å². The van der Waals surface area contributed by atoms with Gasteiger partial charge in [-0.15, -0.1) is 10.2 Å². The number of aromatic nitrogens is 3. The fourth-order valence-electron chi connectivity index (χ4n) is 3.83. The summed E-state index contributed by atoms with van der Waals surface area (Å²) in [6, 6.07) is 18.1. The van der Waals surface area contributed by atoms with E-state index in [4.69, 9.17) is 0 Å². The fourth-order valence-corrected chi connectivity index (χ4v) is 4.70. The Morgan fingerprint density at radius 3 is 2.70 bits per heavy atom. The summed E-state index contributed by atoms with van der Waals surface area (Å²) < 4.78 is 2.04. The molecular formula is C23H27N5OS. The van der Waals surface area contributed by atoms with Gasteiger partial charge >= 0.3 is 0 Å². The Hall–Kier alpha value is -2.80. The third kappa shape index (κ3) is 4.21. The summed E-state index contributed by atoms with van der Waals surface area (Å²) in [5, 5.41) is 9.76. The van der Waals surface area contributed by atoms with Crippen molar-refractivity contribution >= 4 is 23.4 Å². The molecule has 0 bridgehead atoms. The van der Waals surface area contributed by atoms with Gasteiger partial charge in [0.2, 0.25) is 0 Å². The second kappa shape index (κ2) is 8.92. The van der Waals surface area contributed by atoms with Crippen LogP contribution in [0.1, 0.15) is 40.6 Å². The first-order chi connectivity index (χ1) is 14.5. The zero-order valence-corrected chi connectivity index (χ0v) is 18.5. The van der Waals surface area contributed by atoms with Gasteiger partial charge in [-0.1, -0.05) is 48.2 Å². The number of thioether (sulfide) groups is 1. The maximum absolute atomic E-state index is 13.3. The average molecular weight is 422 g/mol. The van der Waals surface area contributed by atoms with Crippen molar-refractivity contribution in [2.45, 2.75) is 29.8 Å². The number of rotatable bonds is 6. The van der Waals surface area contributed by atoms with Crippen LogP contribution in [0, 0.1) is 0 Å². The smallest absolute Gasteiger partial charge is 0.254 e. The van der Waals surface area contributed by atoms with Crippen molar-refractivity contribution in [3.8, 4) is 0 Å². The number of hydrogen-bond donors (Lipinski definition) is 0. The van der Waals surface area contributed by atoms with Gasteiger partial charge in [-0.25, -0.2) is 0 Å². The Labute approximate surface area is 181 Å². The Morgan fingerprint density at radius 1 is 1.13 bits per heavy atom. The zero-order valence-electron chi connectivity index (χ0n) is 17.7. The first-order valence-electron chi connectivity index (χ1n) is 10.2. The van der Waals surface area contributed by atoms with Gasteiger partial charge < -0.3 is 14.4 Å². The predicted octanol–water partition coefficient (Wildman–Crippen LogP) is 4.15. The molecule has 4 rings (SSSR count). The maximum atomic E-state index is 13.3. The van der Waals surface area contributed by atoms with Crippen molar-refractivity contribution < 1.29 is 4.79 Å². The van der Waals surface area contributed by atoms with Crippen molar-refractivity contribution in [3.05, 3.63) is 71.5 Å². The van der Waals surface area contributed by atoms with Gasteiger partial charge in [-0.2, -0.15) is 0 Å². The molecular weight excluding hydrogens is 394 g/mol. The highest BCUT2D eigenvalue weighted by Gasteiger charge is 2.34. The Morgan fingerprint density at radius 2 is 1.93 bits per heavy atom. The largest absolute Gasteiger partial charge is 0.378 e. The second-order valence-electron chi connectivity index (χ2n) is 7.78. The number of carbonyl (C=O) groups is 1. The molecule has 0 spiro atoms. The van der Waals surface area contributed by atoms with Gasteiger partial charge in [0, 0.05) is 44.7 Å². The molecule has 2 aromatic carbocycles. The number of hydrogen-bond acceptors (Lipinski definition) is 5. The van der Waals surface area contributed by atoms with Crippen LogP contribution in [0.3, 0.4) is 0 Å². The highest BCUT2D eigenvalue weighted by Crippen LogP contribution is 2.34. The van der Waals surface area contributed by atoms with Crippen molar-refractivity contribution in [3.63, 3.8) is 0 Å². The molecule has 0 N–H and O–H groups in total. The van der Waals surface area contributed by atoms with Gasteiger partial charge in [-0.3, -0.25) is 4.79 Å². The molecule has 6 nitrogen and oxygen atoms in total. The van der Waals surface area contributed by atoms with Crippen molar-refractivity contribution in [2.75, 3.05) is 25.5 Å². The Bertz CT molecular complexity index is 1020. The third-order valence-electron chi connectivity index (χ3n) is 5.50. The van der Waals surface area contributed by atoms with Crippen LogP contribution in [-0.2, 0) is 12.8 Å². The Balaban J connectivity index is 1.51. The lowest BCUT2D eigenvalue weighted by Gasteiger charge is -2.24. The minimum atomic E-state index is -0.0379. The molecule has 0 aliphatic carbocycles. The quantitative estimate of drug-likeness (QED) is 0.560. The molecule has 3 aromatic rings. The van der Waals surface area contributed by atoms with Crippen LogP contribution < -0.4 is 4.90 Å². The first kappa shape index (κ1) is 20.5. The van der Waals surface area contributed by atoms with E-state index >= 15 is 0 Å². The highest BCUT2D eigenvalue weighted by molar-refractivity contribution is 7.98. The van der Waals surface area contributed by atoms with Crippen LogP contribution in [0.15, 0.2) is 59.8 Å². The summed E-state index contributed by atoms with van der Waals surface area (Å²) in [5.74, 6) is 1.76. The molecule has 30 heavy (non-hydrogen) atoms. The summed E-state index contributed by atoms with van der Waals surface area (Å²) in [6.07, 6.45) is 1.89. The zero-order chi connectivity index (χ0) is 21.1. The summed E-state index contributed by atoms with van der Waals surface area (Å²) in [4.78, 5) is 17.2. The minimum Gasteiger partial charge on any atom is -0.378 e. The molecule has 0 radical (unpaired) electrons. The van der Waals surface area contributed by atoms with Crippen molar-refractivity contribution in [2.24, 2.45) is 7.05 Å². The fraction of sp³-hybridized carbons (Fsp3) is 0.348. The van der Waals surface area contributed by atoms with E-state index in [2.05, 4.69) is 22.3 Å². The summed E-state index contributed by atoms with van der Waals surface area (Å²) >= 11 is 1.67. The molecule has 2 heterocycles. The van der Waals surface area contributed by atoms with Crippen molar-refractivity contribution in [1.82, 2.24) is 19.7 Å². The topological polar surface area (TPSA) is 54.3 Å². The lowest BCUT2D eigenvalue weighted by Crippen LogP contribution is -2.32. The Kier molecular flexibility index (Phi) is 6.08. The normalized spacial score (nSPS) is 16.1. The summed E-state index contributed by atoms with van der Waals surface area (Å²) in [5.41, 5.74) is 2.99. The van der Waals surface area contributed by atoms with E-state index in [9.17, 15) is 4.79 Å². The van der Waals surface area contributed by atoms with Crippen LogP contribution in [0.2, 0.25) is 0 Å². The van der Waals surface area contributed by atoms with E-state index in [1.54, 1.807) is 11.8 Å². The lowest BCUT2D eigenvalue weighted by molar-refractivity contribution is 0.0727. The van der Waals surface area contributed by atoms with E-state index in [1.165, 1.54) is 5.56 Å². The predicted molar refractivity (Wildman–Crippen MR) is 121 cm³/mol. The van der Waals surface area contributed by atoms with Crippen molar-refractivity contribution in [1.29, 1.82) is 0 Å². The number of carbonyl (C=O) groups excluding carboxylic acids is 1. The van der Waals surface area contributed by atoms with Gasteiger partial charge in [0.05, 0.1) is 6.04 Å². The summed E-state index contributed by atoms with van der Waals surface area (Å²) in [6.45, 7) is 0.745. The molecule has 1 fully saturated rings. The van der Waals surface area contributed by atoms with Gasteiger partial charge in [0.15, 0.2) is 11.0 Å². The molecule has 156 valence electrons. The second-order valence-corrected chi connectivity index (χ2v) is 8.72. The lowest BCUT2D eigenvalue weighted by atomic mass is 10.1. The number of likely N-dealkylation sites (tertiary alicyclic amines) is 1. The van der Waals surface area contributed by atoms with Gasteiger partial charge in [-0.05, 0) is 36.6 Å². The molecule has 1 amide bonds. The van der Waals surface area contributed by atoms with Gasteiger partial charge in [0.1, 0.15) is 0 Å². The first-order valence-corrected chi connectivity index (χ1v) is 11.2. The monoisotopic (exact) mass is 421 g/mol. The van der Waals surface area contributed by atoms with Crippen LogP contribution in [0.5, 0.6) is 0 Å². The van der Waals surface area contributed by atoms with Crippen LogP contribution in [0.25, 0.3) is 0 Å². The molecule has 0 unspecified atom stereocenters. The number of nitrogens with zero attached hydrogens (tertiary/aromatic N) is 5. The van der Waals surface area contributed by atoms with E-state index in [-0.39, 0.29) is 11.9 Å². The number of amides is 1. The van der Waals surface area contributed by atoms with Gasteiger partial charge in [0.25, 0.3) is 5.91 Å². The van der Waals surface area contributed by atoms with E-state index in [0.717, 1.165) is 41.8 Å². The van der Waals surface area contributed by atoms with Crippen LogP contribution >= 0.6 is 11.8 Å². The molecule has 1 saturated heterocycles. The van der Waals surface area contributed by atoms with E-state index in [0.29, 0.717) is 5.56 Å². The van der Waals surface area contributed by atoms with Crippen LogP contribution in [0.4, 0.5) is 5.69 Å². The summed E-state index contributed by atoms with van der Waals surface area (Å²) in [7, 11) is 5.96. The average Bonchev–Trinajstić information content (AvgIpc) is 3.39.